The van der Waals surface area contributed by atoms with E-state index in [-0.39, 0.29) is 17.6 Å². The van der Waals surface area contributed by atoms with Crippen LogP contribution in [-0.4, -0.2) is 26.0 Å². The molecular formula is C21H18FN5O2. The molecule has 8 heteroatoms. The molecule has 0 spiro atoms. The molecule has 29 heavy (non-hydrogen) atoms. The number of hydrogen-bond donors (Lipinski definition) is 1. The molecule has 0 saturated carbocycles. The number of amides is 1. The lowest BCUT2D eigenvalue weighted by molar-refractivity contribution is 0.0932. The lowest BCUT2D eigenvalue weighted by Gasteiger charge is -2.10. The molecule has 146 valence electrons. The van der Waals surface area contributed by atoms with Crippen LogP contribution in [0.1, 0.15) is 40.6 Å². The Morgan fingerprint density at radius 3 is 2.41 bits per heavy atom. The van der Waals surface area contributed by atoms with Crippen molar-refractivity contribution in [1.82, 2.24) is 25.4 Å². The second-order valence-corrected chi connectivity index (χ2v) is 6.76. The minimum absolute atomic E-state index is 0.254. The summed E-state index contributed by atoms with van der Waals surface area (Å²) in [6, 6.07) is 10.4. The van der Waals surface area contributed by atoms with Crippen LogP contribution in [0.2, 0.25) is 0 Å². The van der Waals surface area contributed by atoms with Gasteiger partial charge in [-0.1, -0.05) is 5.16 Å². The van der Waals surface area contributed by atoms with Gasteiger partial charge >= 0.3 is 0 Å². The first kappa shape index (κ1) is 18.7. The van der Waals surface area contributed by atoms with E-state index in [4.69, 9.17) is 4.52 Å². The van der Waals surface area contributed by atoms with E-state index in [1.54, 1.807) is 37.3 Å². The monoisotopic (exact) mass is 391 g/mol. The largest absolute Gasteiger partial charge is 0.341 e. The predicted octanol–water partition coefficient (Wildman–Crippen LogP) is 3.93. The zero-order valence-corrected chi connectivity index (χ0v) is 16.1. The SMILES string of the molecule is Cc1nc2ccc(C(=O)NC(C)c3nc(-c4ccc(F)cc4)no3)cc2nc1C. The third-order valence-electron chi connectivity index (χ3n) is 4.60. The van der Waals surface area contributed by atoms with Gasteiger partial charge in [0.05, 0.1) is 22.4 Å². The zero-order chi connectivity index (χ0) is 20.5. The number of benzene rings is 2. The van der Waals surface area contributed by atoms with E-state index in [2.05, 4.69) is 25.4 Å². The number of fused-ring (bicyclic) bond motifs is 1. The number of nitrogens with one attached hydrogen (secondary N) is 1. The van der Waals surface area contributed by atoms with E-state index in [1.165, 1.54) is 12.1 Å². The molecule has 1 N–H and O–H groups in total. The number of carbonyl (C=O) groups is 1. The molecule has 4 rings (SSSR count). The van der Waals surface area contributed by atoms with Crippen molar-refractivity contribution in [3.63, 3.8) is 0 Å². The number of rotatable bonds is 4. The van der Waals surface area contributed by atoms with Crippen molar-refractivity contribution in [1.29, 1.82) is 0 Å². The normalized spacial score (nSPS) is 12.1. The summed E-state index contributed by atoms with van der Waals surface area (Å²) < 4.78 is 18.3. The van der Waals surface area contributed by atoms with Gasteiger partial charge in [0.2, 0.25) is 11.7 Å². The topological polar surface area (TPSA) is 93.8 Å². The number of aryl methyl sites for hydroxylation is 2. The van der Waals surface area contributed by atoms with Gasteiger partial charge in [-0.3, -0.25) is 4.79 Å². The van der Waals surface area contributed by atoms with Gasteiger partial charge in [0, 0.05) is 11.1 Å². The lowest BCUT2D eigenvalue weighted by Crippen LogP contribution is -2.26. The minimum atomic E-state index is -0.509. The van der Waals surface area contributed by atoms with E-state index in [0.717, 1.165) is 16.9 Å². The summed E-state index contributed by atoms with van der Waals surface area (Å²) in [7, 11) is 0. The van der Waals surface area contributed by atoms with Crippen LogP contribution in [0, 0.1) is 19.7 Å². The fraction of sp³-hybridized carbons (Fsp3) is 0.190. The number of halogens is 1. The van der Waals surface area contributed by atoms with Gasteiger partial charge < -0.3 is 9.84 Å². The Morgan fingerprint density at radius 2 is 1.69 bits per heavy atom. The molecular weight excluding hydrogens is 373 g/mol. The van der Waals surface area contributed by atoms with E-state index in [1.807, 2.05) is 13.8 Å². The average Bonchev–Trinajstić information content (AvgIpc) is 3.19. The third-order valence-corrected chi connectivity index (χ3v) is 4.60. The van der Waals surface area contributed by atoms with Crippen molar-refractivity contribution in [3.05, 3.63) is 71.1 Å². The Labute approximate surface area is 166 Å². The van der Waals surface area contributed by atoms with Crippen LogP contribution in [-0.2, 0) is 0 Å². The first-order valence-electron chi connectivity index (χ1n) is 9.06. The predicted molar refractivity (Wildman–Crippen MR) is 105 cm³/mol. The molecule has 0 bridgehead atoms. The van der Waals surface area contributed by atoms with Gasteiger partial charge in [-0.2, -0.15) is 4.98 Å². The molecule has 1 atom stereocenters. The Balaban J connectivity index is 1.51. The van der Waals surface area contributed by atoms with Crippen LogP contribution in [0.25, 0.3) is 22.4 Å². The van der Waals surface area contributed by atoms with Gasteiger partial charge in [0.25, 0.3) is 5.91 Å². The molecule has 0 aliphatic heterocycles. The minimum Gasteiger partial charge on any atom is -0.341 e. The van der Waals surface area contributed by atoms with E-state index in [9.17, 15) is 9.18 Å². The number of nitrogens with zero attached hydrogens (tertiary/aromatic N) is 4. The molecule has 0 fully saturated rings. The molecule has 7 nitrogen and oxygen atoms in total. The van der Waals surface area contributed by atoms with E-state index >= 15 is 0 Å². The fourth-order valence-electron chi connectivity index (χ4n) is 2.84. The van der Waals surface area contributed by atoms with Crippen molar-refractivity contribution in [3.8, 4) is 11.4 Å². The molecule has 0 aliphatic carbocycles. The summed E-state index contributed by atoms with van der Waals surface area (Å²) in [5, 5.41) is 6.73. The summed E-state index contributed by atoms with van der Waals surface area (Å²) in [6.45, 7) is 5.52. The number of aromatic nitrogens is 4. The van der Waals surface area contributed by atoms with Crippen molar-refractivity contribution < 1.29 is 13.7 Å². The number of hydrogen-bond acceptors (Lipinski definition) is 6. The van der Waals surface area contributed by atoms with Crippen LogP contribution in [0.4, 0.5) is 4.39 Å². The molecule has 1 amide bonds. The summed E-state index contributed by atoms with van der Waals surface area (Å²) in [4.78, 5) is 25.9. The van der Waals surface area contributed by atoms with Crippen LogP contribution in [0.5, 0.6) is 0 Å². The Kier molecular flexibility index (Phi) is 4.75. The summed E-state index contributed by atoms with van der Waals surface area (Å²) in [6.07, 6.45) is 0. The van der Waals surface area contributed by atoms with Crippen LogP contribution in [0.3, 0.4) is 0 Å². The highest BCUT2D eigenvalue weighted by Gasteiger charge is 2.19. The quantitative estimate of drug-likeness (QED) is 0.567. The maximum atomic E-state index is 13.1. The maximum absolute atomic E-state index is 13.1. The summed E-state index contributed by atoms with van der Waals surface area (Å²) in [5.41, 5.74) is 4.15. The number of carbonyl (C=O) groups excluding carboxylic acids is 1. The van der Waals surface area contributed by atoms with Gasteiger partial charge in [0.15, 0.2) is 0 Å². The summed E-state index contributed by atoms with van der Waals surface area (Å²) >= 11 is 0. The van der Waals surface area contributed by atoms with Crippen LogP contribution < -0.4 is 5.32 Å². The van der Waals surface area contributed by atoms with E-state index in [0.29, 0.717) is 22.5 Å². The van der Waals surface area contributed by atoms with Gasteiger partial charge in [-0.05, 0) is 63.2 Å². The highest BCUT2D eigenvalue weighted by atomic mass is 19.1. The van der Waals surface area contributed by atoms with Crippen LogP contribution >= 0.6 is 0 Å². The molecule has 0 saturated heterocycles. The molecule has 1 unspecified atom stereocenters. The maximum Gasteiger partial charge on any atom is 0.251 e. The summed E-state index contributed by atoms with van der Waals surface area (Å²) in [5.74, 6) is -0.0536. The molecule has 2 aromatic carbocycles. The van der Waals surface area contributed by atoms with Crippen molar-refractivity contribution in [2.45, 2.75) is 26.8 Å². The third kappa shape index (κ3) is 3.82. The van der Waals surface area contributed by atoms with Crippen molar-refractivity contribution in [2.75, 3.05) is 0 Å². The van der Waals surface area contributed by atoms with Crippen molar-refractivity contribution >= 4 is 16.9 Å². The average molecular weight is 391 g/mol. The Morgan fingerprint density at radius 1 is 1.00 bits per heavy atom. The zero-order valence-electron chi connectivity index (χ0n) is 16.1. The second-order valence-electron chi connectivity index (χ2n) is 6.76. The van der Waals surface area contributed by atoms with Gasteiger partial charge in [-0.25, -0.2) is 14.4 Å². The van der Waals surface area contributed by atoms with E-state index < -0.39 is 6.04 Å². The van der Waals surface area contributed by atoms with Crippen LogP contribution in [0.15, 0.2) is 47.0 Å². The molecule has 0 radical (unpaired) electrons. The molecule has 2 aromatic heterocycles. The lowest BCUT2D eigenvalue weighted by atomic mass is 10.1. The second kappa shape index (κ2) is 7.38. The fourth-order valence-corrected chi connectivity index (χ4v) is 2.84. The molecule has 2 heterocycles. The highest BCUT2D eigenvalue weighted by molar-refractivity contribution is 5.97. The smallest absolute Gasteiger partial charge is 0.251 e. The first-order valence-corrected chi connectivity index (χ1v) is 9.06. The highest BCUT2D eigenvalue weighted by Crippen LogP contribution is 2.20. The van der Waals surface area contributed by atoms with Crippen molar-refractivity contribution in [2.24, 2.45) is 0 Å². The van der Waals surface area contributed by atoms with Gasteiger partial charge in [-0.15, -0.1) is 0 Å². The Bertz CT molecular complexity index is 1200. The molecule has 0 aliphatic rings. The molecule has 4 aromatic rings. The first-order chi connectivity index (χ1) is 13.9. The standard InChI is InChI=1S/C21H18FN5O2/c1-11-12(2)24-18-10-15(6-9-17(18)23-11)20(28)25-13(3)21-26-19(27-29-21)14-4-7-16(22)8-5-14/h4-10,13H,1-3H3,(H,25,28). The Hall–Kier alpha value is -3.68. The van der Waals surface area contributed by atoms with Gasteiger partial charge in [0.1, 0.15) is 11.9 Å².